The summed E-state index contributed by atoms with van der Waals surface area (Å²) < 4.78 is 0. The normalized spacial score (nSPS) is 10.7. The van der Waals surface area contributed by atoms with E-state index in [-0.39, 0.29) is 11.5 Å². The molecule has 7 heteroatoms. The molecule has 0 saturated heterocycles. The number of aromatic carboxylic acids is 1. The van der Waals surface area contributed by atoms with E-state index in [1.807, 2.05) is 43.3 Å². The fourth-order valence-corrected chi connectivity index (χ4v) is 3.11. The van der Waals surface area contributed by atoms with Crippen LogP contribution in [0.3, 0.4) is 0 Å². The molecule has 1 aromatic heterocycles. The highest BCUT2D eigenvalue weighted by atomic mass is 16.4. The molecule has 3 aromatic carbocycles. The number of hydrogen-bond donors (Lipinski definition) is 3. The Morgan fingerprint density at radius 1 is 0.933 bits per heavy atom. The van der Waals surface area contributed by atoms with Crippen molar-refractivity contribution in [1.29, 1.82) is 0 Å². The van der Waals surface area contributed by atoms with Crippen LogP contribution in [0.2, 0.25) is 0 Å². The number of aromatic nitrogens is 2. The molecular weight excluding hydrogens is 380 g/mol. The number of carboxylic acid groups (broad SMARTS) is 1. The summed E-state index contributed by atoms with van der Waals surface area (Å²) in [6.07, 6.45) is 0. The Kier molecular flexibility index (Phi) is 4.93. The molecule has 150 valence electrons. The number of imidazole rings is 1. The summed E-state index contributed by atoms with van der Waals surface area (Å²) in [4.78, 5) is 33.3. The van der Waals surface area contributed by atoms with Gasteiger partial charge in [-0.2, -0.15) is 0 Å². The Morgan fingerprint density at radius 2 is 1.60 bits per heavy atom. The van der Waals surface area contributed by atoms with E-state index in [0.717, 1.165) is 22.3 Å². The number of carbonyl (C=O) groups is 2. The van der Waals surface area contributed by atoms with Gasteiger partial charge in [-0.25, -0.2) is 9.78 Å². The van der Waals surface area contributed by atoms with Crippen LogP contribution in [-0.2, 0) is 0 Å². The number of nitrogens with zero attached hydrogens (tertiary/aromatic N) is 2. The van der Waals surface area contributed by atoms with E-state index >= 15 is 0 Å². The number of anilines is 2. The second-order valence-electron chi connectivity index (χ2n) is 7.10. The van der Waals surface area contributed by atoms with Gasteiger partial charge in [-0.15, -0.1) is 0 Å². The summed E-state index contributed by atoms with van der Waals surface area (Å²) in [5.74, 6) is -0.531. The molecule has 0 aliphatic heterocycles. The van der Waals surface area contributed by atoms with E-state index in [2.05, 4.69) is 15.3 Å². The topological polar surface area (TPSA) is 98.3 Å². The van der Waals surface area contributed by atoms with Crippen LogP contribution >= 0.6 is 0 Å². The zero-order valence-electron chi connectivity index (χ0n) is 16.5. The smallest absolute Gasteiger partial charge is 0.335 e. The fraction of sp³-hybridized carbons (Fsp3) is 0.0870. The van der Waals surface area contributed by atoms with Gasteiger partial charge in [-0.3, -0.25) is 4.79 Å². The van der Waals surface area contributed by atoms with Crippen LogP contribution in [-0.4, -0.2) is 41.0 Å². The van der Waals surface area contributed by atoms with Gasteiger partial charge < -0.3 is 20.3 Å². The number of amides is 1. The lowest BCUT2D eigenvalue weighted by atomic mass is 10.1. The zero-order chi connectivity index (χ0) is 21.3. The SMILES string of the molecule is CN(C)c1ccc(C(=O)Nc2ccc3nc(-c4ccc(C(=O)O)cc4)[nH]c3c2)cc1. The van der Waals surface area contributed by atoms with Gasteiger partial charge in [-0.1, -0.05) is 12.1 Å². The van der Waals surface area contributed by atoms with Crippen molar-refractivity contribution in [3.05, 3.63) is 77.9 Å². The second kappa shape index (κ2) is 7.71. The average Bonchev–Trinajstić information content (AvgIpc) is 3.17. The van der Waals surface area contributed by atoms with Crippen LogP contribution in [0.15, 0.2) is 66.7 Å². The van der Waals surface area contributed by atoms with Crippen molar-refractivity contribution in [3.63, 3.8) is 0 Å². The van der Waals surface area contributed by atoms with Gasteiger partial charge in [0.15, 0.2) is 0 Å². The number of nitrogens with one attached hydrogen (secondary N) is 2. The highest BCUT2D eigenvalue weighted by molar-refractivity contribution is 6.05. The first-order valence-corrected chi connectivity index (χ1v) is 9.33. The lowest BCUT2D eigenvalue weighted by Gasteiger charge is -2.12. The van der Waals surface area contributed by atoms with E-state index in [4.69, 9.17) is 5.11 Å². The van der Waals surface area contributed by atoms with Crippen molar-refractivity contribution in [1.82, 2.24) is 9.97 Å². The van der Waals surface area contributed by atoms with Crippen LogP contribution in [0.25, 0.3) is 22.4 Å². The maximum atomic E-state index is 12.5. The number of H-pyrrole nitrogens is 1. The lowest BCUT2D eigenvalue weighted by Crippen LogP contribution is -2.13. The molecule has 0 atom stereocenters. The number of fused-ring (bicyclic) bond motifs is 1. The minimum atomic E-state index is -0.970. The second-order valence-corrected chi connectivity index (χ2v) is 7.10. The lowest BCUT2D eigenvalue weighted by molar-refractivity contribution is 0.0696. The maximum Gasteiger partial charge on any atom is 0.335 e. The third kappa shape index (κ3) is 3.86. The molecule has 0 bridgehead atoms. The number of rotatable bonds is 5. The molecule has 0 fully saturated rings. The van der Waals surface area contributed by atoms with Crippen LogP contribution in [0, 0.1) is 0 Å². The van der Waals surface area contributed by atoms with Gasteiger partial charge in [0.1, 0.15) is 5.82 Å². The van der Waals surface area contributed by atoms with Gasteiger partial charge in [0.25, 0.3) is 5.91 Å². The predicted octanol–water partition coefficient (Wildman–Crippen LogP) is 4.25. The standard InChI is InChI=1S/C23H20N4O3/c1-27(2)18-10-7-15(8-11-18)22(28)24-17-9-12-19-20(13-17)26-21(25-19)14-3-5-16(6-4-14)23(29)30/h3-13H,1-2H3,(H,24,28)(H,25,26)(H,29,30). The summed E-state index contributed by atoms with van der Waals surface area (Å²) in [6, 6.07) is 19.3. The summed E-state index contributed by atoms with van der Waals surface area (Å²) >= 11 is 0. The predicted molar refractivity (Wildman–Crippen MR) is 117 cm³/mol. The van der Waals surface area contributed by atoms with Crippen molar-refractivity contribution in [2.24, 2.45) is 0 Å². The molecule has 0 aliphatic carbocycles. The number of aromatic amines is 1. The van der Waals surface area contributed by atoms with E-state index in [1.165, 1.54) is 12.1 Å². The van der Waals surface area contributed by atoms with Gasteiger partial charge in [-0.05, 0) is 54.6 Å². The molecule has 4 aromatic rings. The van der Waals surface area contributed by atoms with Crippen molar-refractivity contribution in [2.45, 2.75) is 0 Å². The molecule has 0 spiro atoms. The molecule has 7 nitrogen and oxygen atoms in total. The Hall–Kier alpha value is -4.13. The summed E-state index contributed by atoms with van der Waals surface area (Å²) in [6.45, 7) is 0. The molecular formula is C23H20N4O3. The zero-order valence-corrected chi connectivity index (χ0v) is 16.5. The minimum absolute atomic E-state index is 0.191. The summed E-state index contributed by atoms with van der Waals surface area (Å²) in [7, 11) is 3.90. The number of carboxylic acids is 1. The average molecular weight is 400 g/mol. The van der Waals surface area contributed by atoms with Crippen molar-refractivity contribution in [3.8, 4) is 11.4 Å². The van der Waals surface area contributed by atoms with Gasteiger partial charge in [0.2, 0.25) is 0 Å². The van der Waals surface area contributed by atoms with Crippen LogP contribution < -0.4 is 10.2 Å². The molecule has 3 N–H and O–H groups in total. The summed E-state index contributed by atoms with van der Waals surface area (Å²) in [5, 5.41) is 11.9. The Balaban J connectivity index is 1.54. The molecule has 1 heterocycles. The first-order valence-electron chi connectivity index (χ1n) is 9.33. The van der Waals surface area contributed by atoms with E-state index in [0.29, 0.717) is 17.1 Å². The van der Waals surface area contributed by atoms with Crippen molar-refractivity contribution >= 4 is 34.3 Å². The van der Waals surface area contributed by atoms with Crippen LogP contribution in [0.1, 0.15) is 20.7 Å². The largest absolute Gasteiger partial charge is 0.478 e. The Bertz CT molecular complexity index is 1230. The molecule has 1 amide bonds. The quantitative estimate of drug-likeness (QED) is 0.465. The highest BCUT2D eigenvalue weighted by Crippen LogP contribution is 2.24. The monoisotopic (exact) mass is 400 g/mol. The van der Waals surface area contributed by atoms with Gasteiger partial charge in [0, 0.05) is 36.6 Å². The maximum absolute atomic E-state index is 12.5. The molecule has 0 aliphatic rings. The van der Waals surface area contributed by atoms with Crippen LogP contribution in [0.5, 0.6) is 0 Å². The van der Waals surface area contributed by atoms with Crippen molar-refractivity contribution < 1.29 is 14.7 Å². The van der Waals surface area contributed by atoms with Gasteiger partial charge in [0.05, 0.1) is 16.6 Å². The first kappa shape index (κ1) is 19.2. The third-order valence-electron chi connectivity index (χ3n) is 4.79. The number of hydrogen-bond acceptors (Lipinski definition) is 4. The molecule has 4 rings (SSSR count). The van der Waals surface area contributed by atoms with Crippen LogP contribution in [0.4, 0.5) is 11.4 Å². The third-order valence-corrected chi connectivity index (χ3v) is 4.79. The highest BCUT2D eigenvalue weighted by Gasteiger charge is 2.10. The van der Waals surface area contributed by atoms with Gasteiger partial charge >= 0.3 is 5.97 Å². The number of benzene rings is 3. The van der Waals surface area contributed by atoms with E-state index in [9.17, 15) is 9.59 Å². The molecule has 30 heavy (non-hydrogen) atoms. The summed E-state index contributed by atoms with van der Waals surface area (Å²) in [5.41, 5.74) is 4.77. The minimum Gasteiger partial charge on any atom is -0.478 e. The Morgan fingerprint density at radius 3 is 2.23 bits per heavy atom. The fourth-order valence-electron chi connectivity index (χ4n) is 3.11. The number of carbonyl (C=O) groups excluding carboxylic acids is 1. The van der Waals surface area contributed by atoms with Crippen molar-refractivity contribution in [2.75, 3.05) is 24.3 Å². The molecule has 0 saturated carbocycles. The Labute approximate surface area is 173 Å². The first-order chi connectivity index (χ1) is 14.4. The van der Waals surface area contributed by atoms with E-state index in [1.54, 1.807) is 30.3 Å². The van der Waals surface area contributed by atoms with E-state index < -0.39 is 5.97 Å². The molecule has 0 unspecified atom stereocenters. The molecule has 0 radical (unpaired) electrons.